The Bertz CT molecular complexity index is 426. The molecular formula is C12H18ClN3O. The zero-order valence-electron chi connectivity index (χ0n) is 10.0. The van der Waals surface area contributed by atoms with Crippen molar-refractivity contribution in [3.05, 3.63) is 21.6 Å². The van der Waals surface area contributed by atoms with Crippen LogP contribution in [0.1, 0.15) is 39.0 Å². The van der Waals surface area contributed by atoms with E-state index in [0.717, 1.165) is 0 Å². The van der Waals surface area contributed by atoms with Crippen LogP contribution in [0.3, 0.4) is 0 Å². The molecule has 1 saturated carbocycles. The van der Waals surface area contributed by atoms with Gasteiger partial charge in [-0.2, -0.15) is 5.10 Å². The van der Waals surface area contributed by atoms with Crippen LogP contribution in [0.4, 0.5) is 5.69 Å². The summed E-state index contributed by atoms with van der Waals surface area (Å²) in [4.78, 5) is 11.3. The first-order chi connectivity index (χ1) is 8.18. The van der Waals surface area contributed by atoms with Gasteiger partial charge >= 0.3 is 0 Å². The molecule has 0 aromatic carbocycles. The molecule has 0 spiro atoms. The zero-order valence-corrected chi connectivity index (χ0v) is 10.8. The summed E-state index contributed by atoms with van der Waals surface area (Å²) in [7, 11) is 0. The highest BCUT2D eigenvalue weighted by Crippen LogP contribution is 2.28. The number of nitrogens with one attached hydrogen (secondary N) is 2. The van der Waals surface area contributed by atoms with Crippen molar-refractivity contribution in [1.82, 2.24) is 10.2 Å². The lowest BCUT2D eigenvalue weighted by molar-refractivity contribution is 0.328. The molecule has 5 heteroatoms. The highest BCUT2D eigenvalue weighted by molar-refractivity contribution is 6.32. The Hall–Kier alpha value is -1.03. The molecule has 1 aliphatic rings. The van der Waals surface area contributed by atoms with Crippen LogP contribution in [0.25, 0.3) is 0 Å². The van der Waals surface area contributed by atoms with Crippen molar-refractivity contribution < 1.29 is 0 Å². The SMILES string of the molecule is CC(Nc1cn[nH]c(=O)c1Cl)C1CCCCC1. The quantitative estimate of drug-likeness (QED) is 0.873. The molecule has 0 saturated heterocycles. The largest absolute Gasteiger partial charge is 0.380 e. The van der Waals surface area contributed by atoms with E-state index in [-0.39, 0.29) is 10.6 Å². The smallest absolute Gasteiger partial charge is 0.285 e. The highest BCUT2D eigenvalue weighted by Gasteiger charge is 2.20. The van der Waals surface area contributed by atoms with Gasteiger partial charge in [0.1, 0.15) is 5.02 Å². The Balaban J connectivity index is 2.04. The van der Waals surface area contributed by atoms with E-state index in [0.29, 0.717) is 17.6 Å². The predicted molar refractivity (Wildman–Crippen MR) is 69.5 cm³/mol. The number of rotatable bonds is 3. The minimum absolute atomic E-state index is 0.197. The molecule has 17 heavy (non-hydrogen) atoms. The molecular weight excluding hydrogens is 238 g/mol. The van der Waals surface area contributed by atoms with E-state index in [1.807, 2.05) is 0 Å². The van der Waals surface area contributed by atoms with Crippen molar-refractivity contribution in [2.45, 2.75) is 45.1 Å². The number of hydrogen-bond acceptors (Lipinski definition) is 3. The maximum Gasteiger partial charge on any atom is 0.285 e. The van der Waals surface area contributed by atoms with Crippen LogP contribution in [0.15, 0.2) is 11.0 Å². The van der Waals surface area contributed by atoms with Gasteiger partial charge in [0.05, 0.1) is 11.9 Å². The fourth-order valence-electron chi connectivity index (χ4n) is 2.48. The van der Waals surface area contributed by atoms with Crippen molar-refractivity contribution in [1.29, 1.82) is 0 Å². The summed E-state index contributed by atoms with van der Waals surface area (Å²) in [5, 5.41) is 9.58. The van der Waals surface area contributed by atoms with E-state index < -0.39 is 0 Å². The average molecular weight is 256 g/mol. The lowest BCUT2D eigenvalue weighted by Gasteiger charge is -2.29. The number of anilines is 1. The maximum atomic E-state index is 11.3. The second kappa shape index (κ2) is 5.54. The Morgan fingerprint density at radius 2 is 2.18 bits per heavy atom. The fourth-order valence-corrected chi connectivity index (χ4v) is 2.63. The highest BCUT2D eigenvalue weighted by atomic mass is 35.5. The summed E-state index contributed by atoms with van der Waals surface area (Å²) in [5.74, 6) is 0.666. The summed E-state index contributed by atoms with van der Waals surface area (Å²) in [5.41, 5.74) is 0.293. The monoisotopic (exact) mass is 255 g/mol. The predicted octanol–water partition coefficient (Wildman–Crippen LogP) is 2.80. The standard InChI is InChI=1S/C12H18ClN3O/c1-8(9-5-3-2-4-6-9)15-10-7-14-16-12(17)11(10)13/h7-9H,2-6H2,1H3,(H2,15,16,17). The van der Waals surface area contributed by atoms with Crippen molar-refractivity contribution in [2.75, 3.05) is 5.32 Å². The van der Waals surface area contributed by atoms with Gasteiger partial charge in [-0.3, -0.25) is 4.79 Å². The number of H-pyrrole nitrogens is 1. The number of aromatic amines is 1. The molecule has 4 nitrogen and oxygen atoms in total. The number of nitrogens with zero attached hydrogens (tertiary/aromatic N) is 1. The van der Waals surface area contributed by atoms with Crippen LogP contribution in [0, 0.1) is 5.92 Å². The molecule has 1 aromatic rings. The summed E-state index contributed by atoms with van der Waals surface area (Å²) >= 11 is 5.93. The molecule has 0 amide bonds. The van der Waals surface area contributed by atoms with Gasteiger partial charge in [-0.25, -0.2) is 5.10 Å². The third-order valence-corrected chi connectivity index (χ3v) is 3.91. The van der Waals surface area contributed by atoms with Crippen molar-refractivity contribution in [3.8, 4) is 0 Å². The Labute approximate surface area is 106 Å². The summed E-state index contributed by atoms with van der Waals surface area (Å²) in [6.07, 6.45) is 8.03. The van der Waals surface area contributed by atoms with Crippen molar-refractivity contribution in [3.63, 3.8) is 0 Å². The topological polar surface area (TPSA) is 57.8 Å². The lowest BCUT2D eigenvalue weighted by Crippen LogP contribution is -2.28. The molecule has 1 aliphatic carbocycles. The first-order valence-electron chi connectivity index (χ1n) is 6.18. The molecule has 1 unspecified atom stereocenters. The van der Waals surface area contributed by atoms with E-state index in [2.05, 4.69) is 22.4 Å². The zero-order chi connectivity index (χ0) is 12.3. The lowest BCUT2D eigenvalue weighted by atomic mass is 9.84. The van der Waals surface area contributed by atoms with Gasteiger partial charge in [-0.15, -0.1) is 0 Å². The number of halogens is 1. The molecule has 2 rings (SSSR count). The minimum atomic E-state index is -0.340. The second-order valence-corrected chi connectivity index (χ2v) is 5.14. The third kappa shape index (κ3) is 3.00. The summed E-state index contributed by atoms with van der Waals surface area (Å²) in [6.45, 7) is 2.15. The normalized spacial score (nSPS) is 18.9. The van der Waals surface area contributed by atoms with Crippen molar-refractivity contribution >= 4 is 17.3 Å². The van der Waals surface area contributed by atoms with Crippen molar-refractivity contribution in [2.24, 2.45) is 5.92 Å². The molecule has 1 fully saturated rings. The Morgan fingerprint density at radius 3 is 2.88 bits per heavy atom. The van der Waals surface area contributed by atoms with E-state index >= 15 is 0 Å². The molecule has 1 aromatic heterocycles. The molecule has 1 heterocycles. The molecule has 0 aliphatic heterocycles. The van der Waals surface area contributed by atoms with Crippen LogP contribution in [-0.4, -0.2) is 16.2 Å². The van der Waals surface area contributed by atoms with E-state index in [9.17, 15) is 4.79 Å². The van der Waals surface area contributed by atoms with E-state index in [4.69, 9.17) is 11.6 Å². The van der Waals surface area contributed by atoms with Crippen LogP contribution in [0.5, 0.6) is 0 Å². The molecule has 94 valence electrons. The fraction of sp³-hybridized carbons (Fsp3) is 0.667. The molecule has 0 radical (unpaired) electrons. The summed E-state index contributed by atoms with van der Waals surface area (Å²) < 4.78 is 0. The Kier molecular flexibility index (Phi) is 4.05. The van der Waals surface area contributed by atoms with Gasteiger partial charge in [-0.1, -0.05) is 30.9 Å². The van der Waals surface area contributed by atoms with Gasteiger partial charge < -0.3 is 5.32 Å². The van der Waals surface area contributed by atoms with Gasteiger partial charge in [0.15, 0.2) is 0 Å². The number of hydrogen-bond donors (Lipinski definition) is 2. The third-order valence-electron chi connectivity index (χ3n) is 3.54. The summed E-state index contributed by atoms with van der Waals surface area (Å²) in [6, 6.07) is 0.330. The Morgan fingerprint density at radius 1 is 1.47 bits per heavy atom. The van der Waals surface area contributed by atoms with Crippen LogP contribution in [-0.2, 0) is 0 Å². The van der Waals surface area contributed by atoms with Crippen LogP contribution >= 0.6 is 11.6 Å². The first kappa shape index (κ1) is 12.4. The van der Waals surface area contributed by atoms with Gasteiger partial charge in [0.25, 0.3) is 5.56 Å². The molecule has 2 N–H and O–H groups in total. The van der Waals surface area contributed by atoms with E-state index in [1.54, 1.807) is 6.20 Å². The average Bonchev–Trinajstić information content (AvgIpc) is 2.36. The second-order valence-electron chi connectivity index (χ2n) is 4.76. The molecule has 1 atom stereocenters. The van der Waals surface area contributed by atoms with Gasteiger partial charge in [-0.05, 0) is 25.7 Å². The van der Waals surface area contributed by atoms with Crippen LogP contribution in [0.2, 0.25) is 5.02 Å². The first-order valence-corrected chi connectivity index (χ1v) is 6.56. The van der Waals surface area contributed by atoms with E-state index in [1.165, 1.54) is 32.1 Å². The van der Waals surface area contributed by atoms with Crippen LogP contribution < -0.4 is 10.9 Å². The van der Waals surface area contributed by atoms with Gasteiger partial charge in [0.2, 0.25) is 0 Å². The minimum Gasteiger partial charge on any atom is -0.380 e. The number of aromatic nitrogens is 2. The molecule has 0 bridgehead atoms. The maximum absolute atomic E-state index is 11.3. The van der Waals surface area contributed by atoms with Gasteiger partial charge in [0, 0.05) is 6.04 Å².